The predicted molar refractivity (Wildman–Crippen MR) is 69.9 cm³/mol. The van der Waals surface area contributed by atoms with Gasteiger partial charge >= 0.3 is 5.97 Å². The largest absolute Gasteiger partial charge is 0.478 e. The van der Waals surface area contributed by atoms with E-state index in [0.29, 0.717) is 4.90 Å². The molecule has 17 heavy (non-hydrogen) atoms. The Kier molecular flexibility index (Phi) is 3.80. The monoisotopic (exact) mass is 330 g/mol. The maximum absolute atomic E-state index is 11.1. The molecule has 1 aromatic heterocycles. The van der Waals surface area contributed by atoms with Crippen LogP contribution < -0.4 is 0 Å². The Morgan fingerprint density at radius 3 is 2.82 bits per heavy atom. The summed E-state index contributed by atoms with van der Waals surface area (Å²) in [6, 6.07) is 5.05. The topological polar surface area (TPSA) is 63.1 Å². The van der Waals surface area contributed by atoms with E-state index in [2.05, 4.69) is 26.1 Å². The van der Waals surface area contributed by atoms with E-state index < -0.39 is 5.97 Å². The van der Waals surface area contributed by atoms with Crippen LogP contribution in [0.25, 0.3) is 0 Å². The van der Waals surface area contributed by atoms with Crippen LogP contribution in [-0.2, 0) is 0 Å². The lowest BCUT2D eigenvalue weighted by Gasteiger charge is -2.03. The molecule has 0 amide bonds. The first kappa shape index (κ1) is 12.5. The van der Waals surface area contributed by atoms with Crippen LogP contribution in [0.1, 0.15) is 15.4 Å². The summed E-state index contributed by atoms with van der Waals surface area (Å²) in [5, 5.41) is 17.8. The second-order valence-corrected chi connectivity index (χ2v) is 6.52. The molecule has 0 aliphatic rings. The highest BCUT2D eigenvalue weighted by molar-refractivity contribution is 9.10. The van der Waals surface area contributed by atoms with Crippen LogP contribution >= 0.6 is 39.0 Å². The highest BCUT2D eigenvalue weighted by atomic mass is 79.9. The van der Waals surface area contributed by atoms with Crippen molar-refractivity contribution in [2.24, 2.45) is 0 Å². The molecule has 4 nitrogen and oxygen atoms in total. The van der Waals surface area contributed by atoms with E-state index in [-0.39, 0.29) is 5.56 Å². The van der Waals surface area contributed by atoms with Crippen LogP contribution in [-0.4, -0.2) is 21.3 Å². The highest BCUT2D eigenvalue weighted by Crippen LogP contribution is 2.34. The van der Waals surface area contributed by atoms with Gasteiger partial charge in [0.2, 0.25) is 0 Å². The van der Waals surface area contributed by atoms with Gasteiger partial charge in [0.25, 0.3) is 0 Å². The number of aromatic carboxylic acids is 1. The molecular formula is C10H7BrN2O2S2. The number of aryl methyl sites for hydroxylation is 1. The van der Waals surface area contributed by atoms with Crippen LogP contribution in [0.15, 0.2) is 31.9 Å². The molecule has 7 heteroatoms. The van der Waals surface area contributed by atoms with Crippen molar-refractivity contribution in [1.82, 2.24) is 10.2 Å². The first-order chi connectivity index (χ1) is 8.06. The lowest BCUT2D eigenvalue weighted by Crippen LogP contribution is -1.98. The van der Waals surface area contributed by atoms with Gasteiger partial charge in [-0.05, 0) is 25.1 Å². The number of benzene rings is 1. The summed E-state index contributed by atoms with van der Waals surface area (Å²) in [5.74, 6) is -0.943. The minimum Gasteiger partial charge on any atom is -0.478 e. The number of carboxylic acid groups (broad SMARTS) is 1. The number of carbonyl (C=O) groups is 1. The molecule has 0 aliphatic heterocycles. The van der Waals surface area contributed by atoms with Crippen LogP contribution in [0.5, 0.6) is 0 Å². The quantitative estimate of drug-likeness (QED) is 0.933. The third-order valence-electron chi connectivity index (χ3n) is 1.88. The van der Waals surface area contributed by atoms with Gasteiger partial charge in [-0.15, -0.1) is 10.2 Å². The average molecular weight is 331 g/mol. The standard InChI is InChI=1S/C10H7BrN2O2S2/c1-5-12-13-10(16-5)17-8-4-6(11)2-3-7(8)9(14)15/h2-4H,1H3,(H,14,15). The van der Waals surface area contributed by atoms with E-state index in [0.717, 1.165) is 13.8 Å². The molecule has 1 heterocycles. The van der Waals surface area contributed by atoms with E-state index in [1.54, 1.807) is 18.2 Å². The van der Waals surface area contributed by atoms with Gasteiger partial charge in [-0.25, -0.2) is 4.79 Å². The van der Waals surface area contributed by atoms with Gasteiger partial charge in [-0.3, -0.25) is 0 Å². The third-order valence-corrected chi connectivity index (χ3v) is 4.32. The third kappa shape index (κ3) is 3.05. The fourth-order valence-corrected chi connectivity index (χ4v) is 3.62. The van der Waals surface area contributed by atoms with Crippen molar-refractivity contribution in [3.05, 3.63) is 33.2 Å². The van der Waals surface area contributed by atoms with E-state index >= 15 is 0 Å². The number of hydrogen-bond acceptors (Lipinski definition) is 5. The van der Waals surface area contributed by atoms with Gasteiger partial charge in [0.1, 0.15) is 5.01 Å². The maximum Gasteiger partial charge on any atom is 0.336 e. The van der Waals surface area contributed by atoms with Crippen LogP contribution in [0.3, 0.4) is 0 Å². The van der Waals surface area contributed by atoms with E-state index in [4.69, 9.17) is 5.11 Å². The van der Waals surface area contributed by atoms with Crippen molar-refractivity contribution in [3.63, 3.8) is 0 Å². The molecule has 0 radical (unpaired) electrons. The molecule has 0 aliphatic carbocycles. The van der Waals surface area contributed by atoms with E-state index in [9.17, 15) is 4.79 Å². The van der Waals surface area contributed by atoms with Crippen LogP contribution in [0.2, 0.25) is 0 Å². The van der Waals surface area contributed by atoms with E-state index in [1.807, 2.05) is 6.92 Å². The van der Waals surface area contributed by atoms with Crippen LogP contribution in [0.4, 0.5) is 0 Å². The zero-order valence-corrected chi connectivity index (χ0v) is 11.9. The molecule has 0 saturated carbocycles. The Bertz CT molecular complexity index is 571. The molecule has 88 valence electrons. The first-order valence-corrected chi connectivity index (χ1v) is 6.99. The van der Waals surface area contributed by atoms with Gasteiger partial charge < -0.3 is 5.11 Å². The number of carboxylic acids is 1. The molecule has 2 rings (SSSR count). The SMILES string of the molecule is Cc1nnc(Sc2cc(Br)ccc2C(=O)O)s1. The zero-order chi connectivity index (χ0) is 12.4. The molecule has 0 atom stereocenters. The first-order valence-electron chi connectivity index (χ1n) is 4.57. The molecule has 0 fully saturated rings. The Labute approximate surface area is 114 Å². The normalized spacial score (nSPS) is 10.5. The van der Waals surface area contributed by atoms with Crippen molar-refractivity contribution in [2.45, 2.75) is 16.2 Å². The summed E-state index contributed by atoms with van der Waals surface area (Å²) < 4.78 is 1.58. The molecule has 0 bridgehead atoms. The number of nitrogens with zero attached hydrogens (tertiary/aromatic N) is 2. The second-order valence-electron chi connectivity index (χ2n) is 3.13. The maximum atomic E-state index is 11.1. The molecule has 1 aromatic carbocycles. The number of hydrogen-bond donors (Lipinski definition) is 1. The van der Waals surface area contributed by atoms with Crippen LogP contribution in [0, 0.1) is 6.92 Å². The van der Waals surface area contributed by atoms with Crippen molar-refractivity contribution in [2.75, 3.05) is 0 Å². The molecule has 0 unspecified atom stereocenters. The van der Waals surface area contributed by atoms with Gasteiger partial charge in [0, 0.05) is 9.37 Å². The predicted octanol–water partition coefficient (Wildman–Crippen LogP) is 3.46. The molecular weight excluding hydrogens is 324 g/mol. The Hall–Kier alpha value is -0.920. The molecule has 1 N–H and O–H groups in total. The Morgan fingerprint density at radius 2 is 2.24 bits per heavy atom. The van der Waals surface area contributed by atoms with Gasteiger partial charge in [0.15, 0.2) is 4.34 Å². The number of aromatic nitrogens is 2. The van der Waals surface area contributed by atoms with Crippen molar-refractivity contribution < 1.29 is 9.90 Å². The number of rotatable bonds is 3. The summed E-state index contributed by atoms with van der Waals surface area (Å²) in [6.45, 7) is 1.86. The summed E-state index contributed by atoms with van der Waals surface area (Å²) in [6.07, 6.45) is 0. The highest BCUT2D eigenvalue weighted by Gasteiger charge is 2.13. The molecule has 2 aromatic rings. The average Bonchev–Trinajstić information content (AvgIpc) is 2.63. The van der Waals surface area contributed by atoms with Crippen molar-refractivity contribution >= 4 is 45.0 Å². The summed E-state index contributed by atoms with van der Waals surface area (Å²) in [4.78, 5) is 11.7. The summed E-state index contributed by atoms with van der Waals surface area (Å²) in [7, 11) is 0. The fraction of sp³-hybridized carbons (Fsp3) is 0.100. The minimum atomic E-state index is -0.943. The van der Waals surface area contributed by atoms with Crippen molar-refractivity contribution in [1.29, 1.82) is 0 Å². The van der Waals surface area contributed by atoms with Gasteiger partial charge in [-0.1, -0.05) is 39.0 Å². The second kappa shape index (κ2) is 5.16. The smallest absolute Gasteiger partial charge is 0.336 e. The zero-order valence-electron chi connectivity index (χ0n) is 8.68. The van der Waals surface area contributed by atoms with Gasteiger partial charge in [-0.2, -0.15) is 0 Å². The molecule has 0 spiro atoms. The Morgan fingerprint density at radius 1 is 1.47 bits per heavy atom. The lowest BCUT2D eigenvalue weighted by molar-refractivity contribution is 0.0693. The Balaban J connectivity index is 2.37. The molecule has 0 saturated heterocycles. The van der Waals surface area contributed by atoms with Crippen molar-refractivity contribution in [3.8, 4) is 0 Å². The summed E-state index contributed by atoms with van der Waals surface area (Å²) >= 11 is 6.08. The minimum absolute atomic E-state index is 0.269. The fourth-order valence-electron chi connectivity index (χ4n) is 1.17. The van der Waals surface area contributed by atoms with Gasteiger partial charge in [0.05, 0.1) is 5.56 Å². The number of halogens is 1. The summed E-state index contributed by atoms with van der Waals surface area (Å²) in [5.41, 5.74) is 0.269. The van der Waals surface area contributed by atoms with E-state index in [1.165, 1.54) is 23.1 Å². The lowest BCUT2D eigenvalue weighted by atomic mass is 10.2.